The van der Waals surface area contributed by atoms with Crippen molar-refractivity contribution in [3.05, 3.63) is 59.4 Å². The number of sulfonamides is 1. The normalized spacial score (nSPS) is 15.6. The van der Waals surface area contributed by atoms with Crippen LogP contribution in [0.15, 0.2) is 47.4 Å². The molecule has 26 heavy (non-hydrogen) atoms. The average Bonchev–Trinajstić information content (AvgIpc) is 2.64. The molecule has 138 valence electrons. The maximum Gasteiger partial charge on any atom is 0.258 e. The molecule has 1 saturated heterocycles. The molecular weight excluding hydrogens is 359 g/mol. The van der Waals surface area contributed by atoms with Gasteiger partial charge in [-0.15, -0.1) is 0 Å². The van der Waals surface area contributed by atoms with E-state index in [1.807, 2.05) is 19.1 Å². The number of aryl methyl sites for hydroxylation is 1. The number of carbonyl (C=O) groups is 1. The standard InChI is InChI=1S/C18H19FN2O4S/c1-13-2-4-14(5-3-13)20-18(22)16-12-15(6-7-17(16)19)26(23,24)21-8-10-25-11-9-21/h2-7,12H,8-11H2,1H3,(H,20,22). The van der Waals surface area contributed by atoms with E-state index in [2.05, 4.69) is 5.32 Å². The van der Waals surface area contributed by atoms with E-state index in [-0.39, 0.29) is 23.5 Å². The van der Waals surface area contributed by atoms with Gasteiger partial charge < -0.3 is 10.1 Å². The fourth-order valence-corrected chi connectivity index (χ4v) is 4.04. The highest BCUT2D eigenvalue weighted by Crippen LogP contribution is 2.21. The van der Waals surface area contributed by atoms with Gasteiger partial charge in [0.05, 0.1) is 23.7 Å². The van der Waals surface area contributed by atoms with E-state index in [1.54, 1.807) is 12.1 Å². The molecule has 2 aromatic rings. The molecule has 1 fully saturated rings. The van der Waals surface area contributed by atoms with Gasteiger partial charge in [-0.1, -0.05) is 17.7 Å². The predicted molar refractivity (Wildman–Crippen MR) is 95.1 cm³/mol. The van der Waals surface area contributed by atoms with Gasteiger partial charge in [0.15, 0.2) is 0 Å². The summed E-state index contributed by atoms with van der Waals surface area (Å²) in [4.78, 5) is 12.3. The van der Waals surface area contributed by atoms with E-state index < -0.39 is 21.7 Å². The summed E-state index contributed by atoms with van der Waals surface area (Å²) in [6.45, 7) is 2.98. The first-order chi connectivity index (χ1) is 12.4. The van der Waals surface area contributed by atoms with Crippen molar-refractivity contribution in [1.29, 1.82) is 0 Å². The van der Waals surface area contributed by atoms with Gasteiger partial charge in [0, 0.05) is 18.8 Å². The largest absolute Gasteiger partial charge is 0.379 e. The quantitative estimate of drug-likeness (QED) is 0.887. The first-order valence-corrected chi connectivity index (χ1v) is 9.57. The average molecular weight is 378 g/mol. The van der Waals surface area contributed by atoms with Gasteiger partial charge in [-0.2, -0.15) is 4.31 Å². The van der Waals surface area contributed by atoms with E-state index in [0.29, 0.717) is 18.9 Å². The molecule has 0 unspecified atom stereocenters. The van der Waals surface area contributed by atoms with Crippen molar-refractivity contribution in [2.24, 2.45) is 0 Å². The third-order valence-corrected chi connectivity index (χ3v) is 5.99. The van der Waals surface area contributed by atoms with Crippen LogP contribution in [0.4, 0.5) is 10.1 Å². The zero-order valence-electron chi connectivity index (χ0n) is 14.2. The summed E-state index contributed by atoms with van der Waals surface area (Å²) in [5.74, 6) is -1.49. The van der Waals surface area contributed by atoms with Crippen molar-refractivity contribution in [1.82, 2.24) is 4.31 Å². The summed E-state index contributed by atoms with van der Waals surface area (Å²) in [7, 11) is -3.81. The lowest BCUT2D eigenvalue weighted by molar-refractivity contribution is 0.0730. The highest BCUT2D eigenvalue weighted by Gasteiger charge is 2.27. The van der Waals surface area contributed by atoms with Gasteiger partial charge >= 0.3 is 0 Å². The van der Waals surface area contributed by atoms with Gasteiger partial charge in [0.2, 0.25) is 10.0 Å². The zero-order chi connectivity index (χ0) is 18.7. The molecule has 1 aliphatic heterocycles. The van der Waals surface area contributed by atoms with Crippen LogP contribution in [0, 0.1) is 12.7 Å². The van der Waals surface area contributed by atoms with Crippen molar-refractivity contribution < 1.29 is 22.3 Å². The minimum Gasteiger partial charge on any atom is -0.379 e. The molecule has 1 amide bonds. The number of anilines is 1. The number of halogens is 1. The summed E-state index contributed by atoms with van der Waals surface area (Å²) >= 11 is 0. The Hall–Kier alpha value is -2.29. The molecular formula is C18H19FN2O4S. The van der Waals surface area contributed by atoms with Gasteiger partial charge in [-0.05, 0) is 37.3 Å². The maximum atomic E-state index is 14.1. The number of nitrogens with zero attached hydrogens (tertiary/aromatic N) is 1. The number of amides is 1. The third kappa shape index (κ3) is 3.92. The Morgan fingerprint density at radius 3 is 2.42 bits per heavy atom. The Labute approximate surface area is 151 Å². The van der Waals surface area contributed by atoms with Crippen molar-refractivity contribution in [3.63, 3.8) is 0 Å². The molecule has 1 N–H and O–H groups in total. The Kier molecular flexibility index (Phi) is 5.36. The molecule has 8 heteroatoms. The molecule has 0 atom stereocenters. The van der Waals surface area contributed by atoms with Crippen LogP contribution in [0.3, 0.4) is 0 Å². The molecule has 6 nitrogen and oxygen atoms in total. The summed E-state index contributed by atoms with van der Waals surface area (Å²) in [6.07, 6.45) is 0. The zero-order valence-corrected chi connectivity index (χ0v) is 15.1. The SMILES string of the molecule is Cc1ccc(NC(=O)c2cc(S(=O)(=O)N3CCOCC3)ccc2F)cc1. The molecule has 0 bridgehead atoms. The van der Waals surface area contributed by atoms with Gasteiger partial charge in [0.25, 0.3) is 5.91 Å². The van der Waals surface area contributed by atoms with Crippen LogP contribution in [0.1, 0.15) is 15.9 Å². The molecule has 0 spiro atoms. The molecule has 1 heterocycles. The topological polar surface area (TPSA) is 75.7 Å². The Morgan fingerprint density at radius 1 is 1.12 bits per heavy atom. The Bertz CT molecular complexity index is 907. The van der Waals surface area contributed by atoms with Crippen LogP contribution in [0.25, 0.3) is 0 Å². The van der Waals surface area contributed by atoms with E-state index in [9.17, 15) is 17.6 Å². The van der Waals surface area contributed by atoms with Crippen molar-refractivity contribution >= 4 is 21.6 Å². The van der Waals surface area contributed by atoms with Crippen molar-refractivity contribution in [3.8, 4) is 0 Å². The number of nitrogens with one attached hydrogen (secondary N) is 1. The Balaban J connectivity index is 1.87. The van der Waals surface area contributed by atoms with Crippen LogP contribution in [-0.2, 0) is 14.8 Å². The fourth-order valence-electron chi connectivity index (χ4n) is 2.61. The number of ether oxygens (including phenoxy) is 1. The second kappa shape index (κ2) is 7.53. The summed E-state index contributed by atoms with van der Waals surface area (Å²) in [5.41, 5.74) is 1.20. The number of carbonyl (C=O) groups excluding carboxylic acids is 1. The highest BCUT2D eigenvalue weighted by atomic mass is 32.2. The molecule has 3 rings (SSSR count). The number of rotatable bonds is 4. The van der Waals surface area contributed by atoms with Crippen molar-refractivity contribution in [2.75, 3.05) is 31.6 Å². The summed E-state index contributed by atoms with van der Waals surface area (Å²) in [6, 6.07) is 10.2. The molecule has 0 aromatic heterocycles. The fraction of sp³-hybridized carbons (Fsp3) is 0.278. The number of benzene rings is 2. The second-order valence-electron chi connectivity index (χ2n) is 5.98. The summed E-state index contributed by atoms with van der Waals surface area (Å²) in [5, 5.41) is 2.58. The van der Waals surface area contributed by atoms with E-state index in [1.165, 1.54) is 10.4 Å². The van der Waals surface area contributed by atoms with Crippen molar-refractivity contribution in [2.45, 2.75) is 11.8 Å². The maximum absolute atomic E-state index is 14.1. The highest BCUT2D eigenvalue weighted by molar-refractivity contribution is 7.89. The van der Waals surface area contributed by atoms with Gasteiger partial charge in [-0.25, -0.2) is 12.8 Å². The third-order valence-electron chi connectivity index (χ3n) is 4.10. The minimum atomic E-state index is -3.81. The van der Waals surface area contributed by atoms with Crippen LogP contribution in [0.5, 0.6) is 0 Å². The minimum absolute atomic E-state index is 0.116. The van der Waals surface area contributed by atoms with E-state index in [4.69, 9.17) is 4.74 Å². The molecule has 1 aliphatic rings. The molecule has 0 saturated carbocycles. The van der Waals surface area contributed by atoms with Crippen LogP contribution < -0.4 is 5.32 Å². The first kappa shape index (κ1) is 18.5. The van der Waals surface area contributed by atoms with Gasteiger partial charge in [0.1, 0.15) is 5.82 Å². The summed E-state index contributed by atoms with van der Waals surface area (Å²) < 4.78 is 45.9. The predicted octanol–water partition coefficient (Wildman–Crippen LogP) is 2.41. The number of hydrogen-bond donors (Lipinski definition) is 1. The lowest BCUT2D eigenvalue weighted by Crippen LogP contribution is -2.40. The van der Waals surface area contributed by atoms with Crippen LogP contribution in [0.2, 0.25) is 0 Å². The molecule has 2 aromatic carbocycles. The second-order valence-corrected chi connectivity index (χ2v) is 7.92. The van der Waals surface area contributed by atoms with E-state index >= 15 is 0 Å². The van der Waals surface area contributed by atoms with Crippen LogP contribution >= 0.6 is 0 Å². The first-order valence-electron chi connectivity index (χ1n) is 8.13. The Morgan fingerprint density at radius 2 is 1.77 bits per heavy atom. The molecule has 0 aliphatic carbocycles. The monoisotopic (exact) mass is 378 g/mol. The lowest BCUT2D eigenvalue weighted by atomic mass is 10.2. The van der Waals surface area contributed by atoms with E-state index in [0.717, 1.165) is 17.7 Å². The smallest absolute Gasteiger partial charge is 0.258 e. The van der Waals surface area contributed by atoms with Crippen LogP contribution in [-0.4, -0.2) is 44.9 Å². The molecule has 0 radical (unpaired) electrons. The number of hydrogen-bond acceptors (Lipinski definition) is 4. The van der Waals surface area contributed by atoms with Gasteiger partial charge in [-0.3, -0.25) is 4.79 Å². The number of morpholine rings is 1. The lowest BCUT2D eigenvalue weighted by Gasteiger charge is -2.26.